The van der Waals surface area contributed by atoms with Crippen molar-refractivity contribution < 1.29 is 19.2 Å². The number of amides is 4. The normalized spacial score (nSPS) is 22.8. The van der Waals surface area contributed by atoms with Gasteiger partial charge in [0.1, 0.15) is 6.04 Å². The molecule has 5 rings (SSSR count). The molecule has 7 heteroatoms. The summed E-state index contributed by atoms with van der Waals surface area (Å²) in [6, 6.07) is 12.7. The number of hydrogen-bond donors (Lipinski definition) is 1. The summed E-state index contributed by atoms with van der Waals surface area (Å²) in [5, 5.41) is 2.31. The molecule has 1 saturated heterocycles. The fraction of sp³-hybridized carbons (Fsp3) is 0.333. The van der Waals surface area contributed by atoms with E-state index in [0.717, 1.165) is 12.0 Å². The van der Waals surface area contributed by atoms with Crippen molar-refractivity contribution in [3.63, 3.8) is 0 Å². The summed E-state index contributed by atoms with van der Waals surface area (Å²) in [6.07, 6.45) is 1.36. The first kappa shape index (κ1) is 19.5. The van der Waals surface area contributed by atoms with Crippen molar-refractivity contribution in [1.82, 2.24) is 15.1 Å². The van der Waals surface area contributed by atoms with Gasteiger partial charge in [0.15, 0.2) is 0 Å². The molecule has 31 heavy (non-hydrogen) atoms. The van der Waals surface area contributed by atoms with E-state index < -0.39 is 11.9 Å². The minimum Gasteiger partial charge on any atom is -0.332 e. The first-order valence-electron chi connectivity index (χ1n) is 10.6. The number of rotatable bonds is 2. The second-order valence-corrected chi connectivity index (χ2v) is 8.40. The van der Waals surface area contributed by atoms with Crippen LogP contribution in [0.5, 0.6) is 0 Å². The summed E-state index contributed by atoms with van der Waals surface area (Å²) in [4.78, 5) is 53.2. The summed E-state index contributed by atoms with van der Waals surface area (Å²) in [6.45, 7) is 2.95. The van der Waals surface area contributed by atoms with Gasteiger partial charge in [0, 0.05) is 30.6 Å². The highest BCUT2D eigenvalue weighted by Crippen LogP contribution is 2.32. The van der Waals surface area contributed by atoms with E-state index in [0.29, 0.717) is 24.1 Å². The van der Waals surface area contributed by atoms with Crippen LogP contribution in [0.25, 0.3) is 0 Å². The smallest absolute Gasteiger partial charge is 0.255 e. The van der Waals surface area contributed by atoms with Crippen LogP contribution in [0.15, 0.2) is 42.5 Å². The van der Waals surface area contributed by atoms with Gasteiger partial charge >= 0.3 is 0 Å². The molecule has 2 atom stereocenters. The Hall–Kier alpha value is -3.48. The summed E-state index contributed by atoms with van der Waals surface area (Å²) < 4.78 is 0. The minimum atomic E-state index is -0.657. The first-order valence-corrected chi connectivity index (χ1v) is 10.6. The Morgan fingerprint density at radius 3 is 2.65 bits per heavy atom. The monoisotopic (exact) mass is 417 g/mol. The van der Waals surface area contributed by atoms with Gasteiger partial charge < -0.3 is 9.80 Å². The molecule has 158 valence electrons. The average Bonchev–Trinajstić information content (AvgIpc) is 3.09. The van der Waals surface area contributed by atoms with E-state index in [-0.39, 0.29) is 36.7 Å². The predicted octanol–water partition coefficient (Wildman–Crippen LogP) is 2.21. The van der Waals surface area contributed by atoms with Gasteiger partial charge in [-0.1, -0.05) is 24.3 Å². The summed E-state index contributed by atoms with van der Waals surface area (Å²) >= 11 is 0. The number of imide groups is 1. The lowest BCUT2D eigenvalue weighted by Gasteiger charge is -2.35. The first-order chi connectivity index (χ1) is 14.9. The summed E-state index contributed by atoms with van der Waals surface area (Å²) in [7, 11) is 0. The maximum absolute atomic E-state index is 13.3. The van der Waals surface area contributed by atoms with E-state index in [9.17, 15) is 19.2 Å². The Kier molecular flexibility index (Phi) is 4.61. The van der Waals surface area contributed by atoms with Gasteiger partial charge in [-0.05, 0) is 54.7 Å². The van der Waals surface area contributed by atoms with E-state index >= 15 is 0 Å². The number of hydrogen-bond acceptors (Lipinski definition) is 4. The Morgan fingerprint density at radius 1 is 1.03 bits per heavy atom. The van der Waals surface area contributed by atoms with Gasteiger partial charge in [0.25, 0.3) is 11.8 Å². The Morgan fingerprint density at radius 2 is 1.84 bits per heavy atom. The van der Waals surface area contributed by atoms with Crippen LogP contribution in [0.2, 0.25) is 0 Å². The third kappa shape index (κ3) is 3.21. The summed E-state index contributed by atoms with van der Waals surface area (Å²) in [5.74, 6) is -1.04. The lowest BCUT2D eigenvalue weighted by molar-refractivity contribution is -0.136. The number of carbonyl (C=O) groups excluding carboxylic acids is 4. The molecular weight excluding hydrogens is 394 g/mol. The third-order valence-electron chi connectivity index (χ3n) is 6.63. The van der Waals surface area contributed by atoms with Crippen molar-refractivity contribution in [2.45, 2.75) is 44.8 Å². The van der Waals surface area contributed by atoms with E-state index in [1.54, 1.807) is 18.2 Å². The van der Waals surface area contributed by atoms with E-state index in [2.05, 4.69) is 17.4 Å². The average molecular weight is 417 g/mol. The number of carbonyl (C=O) groups is 4. The predicted molar refractivity (Wildman–Crippen MR) is 112 cm³/mol. The molecule has 1 fully saturated rings. The second-order valence-electron chi connectivity index (χ2n) is 8.40. The van der Waals surface area contributed by atoms with Crippen LogP contribution in [0.1, 0.15) is 63.2 Å². The maximum atomic E-state index is 13.3. The molecule has 0 radical (unpaired) electrons. The molecule has 1 N–H and O–H groups in total. The van der Waals surface area contributed by atoms with Crippen molar-refractivity contribution in [1.29, 1.82) is 0 Å². The molecule has 2 aromatic carbocycles. The van der Waals surface area contributed by atoms with Crippen LogP contribution in [-0.4, -0.2) is 46.0 Å². The van der Waals surface area contributed by atoms with Crippen LogP contribution in [0, 0.1) is 0 Å². The number of nitrogens with zero attached hydrogens (tertiary/aromatic N) is 2. The molecule has 7 nitrogen and oxygen atoms in total. The van der Waals surface area contributed by atoms with Gasteiger partial charge in [0.05, 0.1) is 6.04 Å². The van der Waals surface area contributed by atoms with Gasteiger partial charge in [-0.15, -0.1) is 0 Å². The summed E-state index contributed by atoms with van der Waals surface area (Å²) in [5.41, 5.74) is 4.24. The van der Waals surface area contributed by atoms with Crippen molar-refractivity contribution in [3.05, 3.63) is 70.3 Å². The van der Waals surface area contributed by atoms with Crippen molar-refractivity contribution >= 4 is 23.6 Å². The Balaban J connectivity index is 1.38. The number of piperidine rings is 1. The molecule has 0 spiro atoms. The lowest BCUT2D eigenvalue weighted by Crippen LogP contribution is -2.52. The Labute approximate surface area is 180 Å². The minimum absolute atomic E-state index is 0.0210. The largest absolute Gasteiger partial charge is 0.332 e. The zero-order chi connectivity index (χ0) is 21.7. The fourth-order valence-corrected chi connectivity index (χ4v) is 4.92. The molecule has 3 heterocycles. The molecule has 1 unspecified atom stereocenters. The standard InChI is InChI=1S/C24H23N3O4/c1-14-18-5-3-2-4-15(18)10-11-26(14)23(30)16-6-7-19-17(12-16)13-27(24(19)31)20-8-9-21(28)25-22(20)29/h2-7,12,14,20H,8-11,13H2,1H3,(H,25,28,29)/t14-,20?/m0/s1. The molecule has 2 aromatic rings. The molecule has 3 aliphatic heterocycles. The van der Waals surface area contributed by atoms with Crippen LogP contribution in [0.4, 0.5) is 0 Å². The number of benzene rings is 2. The maximum Gasteiger partial charge on any atom is 0.255 e. The highest BCUT2D eigenvalue weighted by Gasteiger charge is 2.39. The highest BCUT2D eigenvalue weighted by molar-refractivity contribution is 6.06. The molecule has 0 saturated carbocycles. The van der Waals surface area contributed by atoms with E-state index in [1.807, 2.05) is 24.0 Å². The van der Waals surface area contributed by atoms with Gasteiger partial charge in [-0.3, -0.25) is 24.5 Å². The third-order valence-corrected chi connectivity index (χ3v) is 6.63. The Bertz CT molecular complexity index is 1130. The van der Waals surface area contributed by atoms with Crippen molar-refractivity contribution in [3.8, 4) is 0 Å². The zero-order valence-electron chi connectivity index (χ0n) is 17.3. The van der Waals surface area contributed by atoms with E-state index in [4.69, 9.17) is 0 Å². The highest BCUT2D eigenvalue weighted by atomic mass is 16.2. The van der Waals surface area contributed by atoms with E-state index in [1.165, 1.54) is 16.0 Å². The van der Waals surface area contributed by atoms with Crippen molar-refractivity contribution in [2.24, 2.45) is 0 Å². The van der Waals surface area contributed by atoms with Crippen LogP contribution < -0.4 is 5.32 Å². The molecule has 0 aromatic heterocycles. The lowest BCUT2D eigenvalue weighted by atomic mass is 9.93. The fourth-order valence-electron chi connectivity index (χ4n) is 4.92. The molecule has 3 aliphatic rings. The van der Waals surface area contributed by atoms with Gasteiger partial charge in [-0.2, -0.15) is 0 Å². The zero-order valence-corrected chi connectivity index (χ0v) is 17.3. The van der Waals surface area contributed by atoms with Crippen LogP contribution in [-0.2, 0) is 22.6 Å². The number of fused-ring (bicyclic) bond motifs is 2. The molecule has 4 amide bonds. The molecule has 0 aliphatic carbocycles. The molecular formula is C24H23N3O4. The van der Waals surface area contributed by atoms with Crippen LogP contribution in [0.3, 0.4) is 0 Å². The van der Waals surface area contributed by atoms with Crippen LogP contribution >= 0.6 is 0 Å². The quantitative estimate of drug-likeness (QED) is 0.759. The number of nitrogens with one attached hydrogen (secondary N) is 1. The van der Waals surface area contributed by atoms with Crippen molar-refractivity contribution in [2.75, 3.05) is 6.54 Å². The molecule has 0 bridgehead atoms. The SMILES string of the molecule is C[C@H]1c2ccccc2CCN1C(=O)c1ccc2c(c1)CN(C1CCC(=O)NC1=O)C2=O. The van der Waals surface area contributed by atoms with Gasteiger partial charge in [0.2, 0.25) is 11.8 Å². The topological polar surface area (TPSA) is 86.8 Å². The van der Waals surface area contributed by atoms with Gasteiger partial charge in [-0.25, -0.2) is 0 Å². The second kappa shape index (κ2) is 7.34.